The zero-order valence-corrected chi connectivity index (χ0v) is 11.1. The van der Waals surface area contributed by atoms with E-state index in [9.17, 15) is 9.90 Å². The van der Waals surface area contributed by atoms with Crippen molar-refractivity contribution in [2.75, 3.05) is 14.2 Å². The van der Waals surface area contributed by atoms with Gasteiger partial charge in [-0.1, -0.05) is 31.2 Å². The van der Waals surface area contributed by atoms with Crippen LogP contribution < -0.4 is 0 Å². The summed E-state index contributed by atoms with van der Waals surface area (Å²) < 4.78 is 9.74. The van der Waals surface area contributed by atoms with Gasteiger partial charge in [0.15, 0.2) is 0 Å². The Balaban J connectivity index is 2.77. The van der Waals surface area contributed by atoms with Crippen LogP contribution >= 0.6 is 0 Å². The van der Waals surface area contributed by atoms with Crippen molar-refractivity contribution in [1.82, 2.24) is 0 Å². The minimum atomic E-state index is -0.689. The maximum atomic E-state index is 11.3. The van der Waals surface area contributed by atoms with Gasteiger partial charge in [0.05, 0.1) is 25.7 Å². The highest BCUT2D eigenvalue weighted by molar-refractivity contribution is 5.71. The van der Waals surface area contributed by atoms with E-state index in [1.165, 1.54) is 7.11 Å². The van der Waals surface area contributed by atoms with Crippen LogP contribution in [-0.4, -0.2) is 25.3 Å². The van der Waals surface area contributed by atoms with E-state index in [2.05, 4.69) is 4.74 Å². The van der Waals surface area contributed by atoms with Crippen molar-refractivity contribution >= 4 is 5.97 Å². The fraction of sp³-hybridized carbons (Fsp3) is 0.500. The Hall–Kier alpha value is -1.39. The molecule has 0 bridgehead atoms. The van der Waals surface area contributed by atoms with E-state index >= 15 is 0 Å². The fourth-order valence-corrected chi connectivity index (χ4v) is 1.91. The molecule has 0 heterocycles. The van der Waals surface area contributed by atoms with Crippen LogP contribution in [0.2, 0.25) is 0 Å². The molecule has 2 atom stereocenters. The summed E-state index contributed by atoms with van der Waals surface area (Å²) in [6.45, 7) is 2.19. The van der Waals surface area contributed by atoms with E-state index in [1.54, 1.807) is 14.0 Å². The Labute approximate surface area is 108 Å². The number of ether oxygens (including phenoxy) is 2. The van der Waals surface area contributed by atoms with E-state index < -0.39 is 6.10 Å². The van der Waals surface area contributed by atoms with E-state index in [0.717, 1.165) is 11.1 Å². The zero-order valence-electron chi connectivity index (χ0n) is 11.1. The lowest BCUT2D eigenvalue weighted by molar-refractivity contribution is -0.145. The first kappa shape index (κ1) is 14.7. The van der Waals surface area contributed by atoms with Crippen molar-refractivity contribution in [1.29, 1.82) is 0 Å². The van der Waals surface area contributed by atoms with Crippen molar-refractivity contribution in [3.63, 3.8) is 0 Å². The molecule has 0 fully saturated rings. The summed E-state index contributed by atoms with van der Waals surface area (Å²) >= 11 is 0. The van der Waals surface area contributed by atoms with Crippen LogP contribution in [0.25, 0.3) is 0 Å². The fourth-order valence-electron chi connectivity index (χ4n) is 1.91. The van der Waals surface area contributed by atoms with Crippen LogP contribution in [0, 0.1) is 5.92 Å². The Kier molecular flexibility index (Phi) is 5.82. The highest BCUT2D eigenvalue weighted by Gasteiger charge is 2.20. The lowest BCUT2D eigenvalue weighted by atomic mass is 9.95. The average Bonchev–Trinajstić information content (AvgIpc) is 2.38. The summed E-state index contributed by atoms with van der Waals surface area (Å²) in [4.78, 5) is 11.3. The van der Waals surface area contributed by atoms with E-state index in [4.69, 9.17) is 4.74 Å². The molecule has 0 spiro atoms. The molecule has 0 aliphatic heterocycles. The third kappa shape index (κ3) is 3.82. The molecule has 2 unspecified atom stereocenters. The first-order valence-corrected chi connectivity index (χ1v) is 5.92. The van der Waals surface area contributed by atoms with Gasteiger partial charge in [-0.05, 0) is 17.5 Å². The van der Waals surface area contributed by atoms with E-state index in [-0.39, 0.29) is 11.9 Å². The molecule has 0 aliphatic carbocycles. The first-order valence-electron chi connectivity index (χ1n) is 5.92. The molecule has 0 aliphatic rings. The molecule has 0 radical (unpaired) electrons. The number of hydrogen-bond donors (Lipinski definition) is 1. The van der Waals surface area contributed by atoms with Crippen LogP contribution in [0.5, 0.6) is 0 Å². The lowest BCUT2D eigenvalue weighted by Gasteiger charge is -2.18. The summed E-state index contributed by atoms with van der Waals surface area (Å²) in [5.41, 5.74) is 1.74. The molecule has 0 aromatic heterocycles. The smallest absolute Gasteiger partial charge is 0.308 e. The van der Waals surface area contributed by atoms with Gasteiger partial charge in [-0.15, -0.1) is 0 Å². The van der Waals surface area contributed by atoms with Gasteiger partial charge < -0.3 is 14.6 Å². The highest BCUT2D eigenvalue weighted by atomic mass is 16.5. The van der Waals surface area contributed by atoms with Gasteiger partial charge in [0.2, 0.25) is 0 Å². The number of hydrogen-bond acceptors (Lipinski definition) is 4. The molecule has 18 heavy (non-hydrogen) atoms. The van der Waals surface area contributed by atoms with Crippen LogP contribution in [0.15, 0.2) is 24.3 Å². The standard InChI is InChI=1S/C14H20O4/c1-10(14(16)18-3)8-13(15)12-7-5-4-6-11(12)9-17-2/h4-7,10,13,15H,8-9H2,1-3H3. The maximum Gasteiger partial charge on any atom is 0.308 e. The quantitative estimate of drug-likeness (QED) is 0.787. The van der Waals surface area contributed by atoms with Gasteiger partial charge in [-0.25, -0.2) is 0 Å². The Morgan fingerprint density at radius 3 is 2.61 bits per heavy atom. The van der Waals surface area contributed by atoms with Crippen molar-refractivity contribution in [2.24, 2.45) is 5.92 Å². The van der Waals surface area contributed by atoms with Crippen LogP contribution in [0.4, 0.5) is 0 Å². The topological polar surface area (TPSA) is 55.8 Å². The molecule has 100 valence electrons. The number of benzene rings is 1. The second-order valence-electron chi connectivity index (χ2n) is 4.31. The number of esters is 1. The lowest BCUT2D eigenvalue weighted by Crippen LogP contribution is -2.16. The minimum absolute atomic E-state index is 0.307. The molecular weight excluding hydrogens is 232 g/mol. The SMILES string of the molecule is COCc1ccccc1C(O)CC(C)C(=O)OC. The average molecular weight is 252 g/mol. The number of carbonyl (C=O) groups excluding carboxylic acids is 1. The second kappa shape index (κ2) is 7.13. The molecule has 1 N–H and O–H groups in total. The third-order valence-electron chi connectivity index (χ3n) is 2.89. The maximum absolute atomic E-state index is 11.3. The van der Waals surface area contributed by atoms with Crippen molar-refractivity contribution in [3.05, 3.63) is 35.4 Å². The van der Waals surface area contributed by atoms with Gasteiger partial charge in [0.25, 0.3) is 0 Å². The van der Waals surface area contributed by atoms with Gasteiger partial charge in [0, 0.05) is 7.11 Å². The first-order chi connectivity index (χ1) is 8.60. The Morgan fingerprint density at radius 1 is 1.33 bits per heavy atom. The van der Waals surface area contributed by atoms with Crippen molar-refractivity contribution in [3.8, 4) is 0 Å². The summed E-state index contributed by atoms with van der Waals surface area (Å²) in [7, 11) is 2.96. The Bertz CT molecular complexity index is 389. The van der Waals surface area contributed by atoms with Gasteiger partial charge in [-0.2, -0.15) is 0 Å². The van der Waals surface area contributed by atoms with Crippen molar-refractivity contribution in [2.45, 2.75) is 26.1 Å². The zero-order chi connectivity index (χ0) is 13.5. The van der Waals surface area contributed by atoms with Gasteiger partial charge >= 0.3 is 5.97 Å². The predicted molar refractivity (Wildman–Crippen MR) is 67.9 cm³/mol. The minimum Gasteiger partial charge on any atom is -0.469 e. The largest absolute Gasteiger partial charge is 0.469 e. The molecule has 0 amide bonds. The van der Waals surface area contributed by atoms with Crippen molar-refractivity contribution < 1.29 is 19.4 Å². The molecule has 4 nitrogen and oxygen atoms in total. The molecule has 1 aromatic rings. The third-order valence-corrected chi connectivity index (χ3v) is 2.89. The van der Waals surface area contributed by atoms with Crippen LogP contribution in [0.1, 0.15) is 30.6 Å². The second-order valence-corrected chi connectivity index (χ2v) is 4.31. The predicted octanol–water partition coefficient (Wildman–Crippen LogP) is 2.07. The normalized spacial score (nSPS) is 14.0. The molecular formula is C14H20O4. The van der Waals surface area contributed by atoms with Gasteiger partial charge in [0.1, 0.15) is 0 Å². The van der Waals surface area contributed by atoms with Gasteiger partial charge in [-0.3, -0.25) is 4.79 Å². The van der Waals surface area contributed by atoms with E-state index in [0.29, 0.717) is 13.0 Å². The van der Waals surface area contributed by atoms with Crippen LogP contribution in [-0.2, 0) is 20.9 Å². The molecule has 1 rings (SSSR count). The molecule has 0 saturated heterocycles. The summed E-state index contributed by atoms with van der Waals surface area (Å²) in [6, 6.07) is 7.52. The van der Waals surface area contributed by atoms with E-state index in [1.807, 2.05) is 24.3 Å². The number of aliphatic hydroxyl groups excluding tert-OH is 1. The van der Waals surface area contributed by atoms with Crippen LogP contribution in [0.3, 0.4) is 0 Å². The Morgan fingerprint density at radius 2 is 2.00 bits per heavy atom. The summed E-state index contributed by atoms with van der Waals surface area (Å²) in [5.74, 6) is -0.640. The monoisotopic (exact) mass is 252 g/mol. The number of methoxy groups -OCH3 is 2. The molecule has 1 aromatic carbocycles. The number of carbonyl (C=O) groups is 1. The molecule has 4 heteroatoms. The summed E-state index contributed by atoms with van der Waals surface area (Å²) in [5, 5.41) is 10.2. The molecule has 0 saturated carbocycles. The number of aliphatic hydroxyl groups is 1. The summed E-state index contributed by atoms with van der Waals surface area (Å²) in [6.07, 6.45) is -0.349. The number of rotatable bonds is 6. The highest BCUT2D eigenvalue weighted by Crippen LogP contribution is 2.25.